The second-order valence-corrected chi connectivity index (χ2v) is 8.35. The molecule has 0 spiro atoms. The van der Waals surface area contributed by atoms with Crippen LogP contribution >= 0.6 is 15.9 Å². The van der Waals surface area contributed by atoms with Gasteiger partial charge < -0.3 is 9.52 Å². The maximum Gasteiger partial charge on any atom is 0.300 e. The van der Waals surface area contributed by atoms with Crippen molar-refractivity contribution >= 4 is 39.1 Å². The van der Waals surface area contributed by atoms with Crippen LogP contribution in [-0.2, 0) is 9.59 Å². The van der Waals surface area contributed by atoms with Crippen LogP contribution in [0.1, 0.15) is 42.7 Å². The number of aliphatic hydroxyl groups excluding tert-OH is 1. The van der Waals surface area contributed by atoms with Crippen molar-refractivity contribution in [3.63, 3.8) is 0 Å². The largest absolute Gasteiger partial charge is 0.507 e. The Labute approximate surface area is 182 Å². The van der Waals surface area contributed by atoms with Gasteiger partial charge >= 0.3 is 0 Å². The molecule has 1 amide bonds. The molecule has 1 N–H and O–H groups in total. The van der Waals surface area contributed by atoms with Crippen LogP contribution < -0.4 is 4.90 Å². The summed E-state index contributed by atoms with van der Waals surface area (Å²) in [5, 5.41) is 11.0. The van der Waals surface area contributed by atoms with Crippen LogP contribution in [0.3, 0.4) is 0 Å². The predicted molar refractivity (Wildman–Crippen MR) is 118 cm³/mol. The topological polar surface area (TPSA) is 70.8 Å². The lowest BCUT2D eigenvalue weighted by molar-refractivity contribution is -0.132. The second-order valence-electron chi connectivity index (χ2n) is 7.44. The third kappa shape index (κ3) is 3.48. The van der Waals surface area contributed by atoms with Crippen molar-refractivity contribution < 1.29 is 19.1 Å². The molecule has 1 atom stereocenters. The van der Waals surface area contributed by atoms with Crippen LogP contribution in [0.5, 0.6) is 0 Å². The average molecular weight is 466 g/mol. The average Bonchev–Trinajstić information content (AvgIpc) is 3.35. The van der Waals surface area contributed by atoms with E-state index in [2.05, 4.69) is 29.8 Å². The minimum absolute atomic E-state index is 0.00482. The highest BCUT2D eigenvalue weighted by atomic mass is 79.9. The van der Waals surface area contributed by atoms with Crippen LogP contribution in [0.25, 0.3) is 5.76 Å². The Balaban J connectivity index is 1.87. The first-order chi connectivity index (χ1) is 14.4. The number of amides is 1. The molecule has 152 valence electrons. The van der Waals surface area contributed by atoms with E-state index in [1.165, 1.54) is 11.2 Å². The van der Waals surface area contributed by atoms with Crippen molar-refractivity contribution in [1.82, 2.24) is 0 Å². The molecule has 1 aliphatic heterocycles. The number of ketones is 1. The number of aliphatic hydroxyl groups is 1. The normalized spacial score (nSPS) is 18.4. The molecule has 1 unspecified atom stereocenters. The zero-order valence-corrected chi connectivity index (χ0v) is 18.1. The number of nitrogens with zero attached hydrogens (tertiary/aromatic N) is 1. The maximum atomic E-state index is 13.0. The van der Waals surface area contributed by atoms with Crippen LogP contribution in [-0.4, -0.2) is 16.8 Å². The lowest BCUT2D eigenvalue weighted by Crippen LogP contribution is -2.29. The van der Waals surface area contributed by atoms with Gasteiger partial charge in [-0.25, -0.2) is 0 Å². The minimum Gasteiger partial charge on any atom is -0.507 e. The molecule has 1 saturated heterocycles. The molecule has 30 heavy (non-hydrogen) atoms. The summed E-state index contributed by atoms with van der Waals surface area (Å²) in [6, 6.07) is 16.9. The lowest BCUT2D eigenvalue weighted by Gasteiger charge is -2.23. The summed E-state index contributed by atoms with van der Waals surface area (Å²) in [7, 11) is 0. The van der Waals surface area contributed by atoms with E-state index in [0.29, 0.717) is 22.9 Å². The molecule has 0 radical (unpaired) electrons. The summed E-state index contributed by atoms with van der Waals surface area (Å²) in [6.45, 7) is 4.17. The Morgan fingerprint density at radius 3 is 2.27 bits per heavy atom. The van der Waals surface area contributed by atoms with Crippen LogP contribution in [0, 0.1) is 0 Å². The number of benzene rings is 2. The molecular weight excluding hydrogens is 446 g/mol. The quantitative estimate of drug-likeness (QED) is 0.300. The summed E-state index contributed by atoms with van der Waals surface area (Å²) >= 11 is 3.36. The van der Waals surface area contributed by atoms with Gasteiger partial charge in [-0.05, 0) is 47.9 Å². The molecule has 2 aromatic carbocycles. The van der Waals surface area contributed by atoms with Gasteiger partial charge in [0.15, 0.2) is 0 Å². The van der Waals surface area contributed by atoms with Gasteiger partial charge in [0, 0.05) is 15.7 Å². The Bertz CT molecular complexity index is 1110. The van der Waals surface area contributed by atoms with E-state index in [0.717, 1.165) is 10.0 Å². The third-order valence-corrected chi connectivity index (χ3v) is 5.74. The number of Topliss-reactive ketones (excluding diaryl/α,β-unsaturated/α-hetero) is 1. The van der Waals surface area contributed by atoms with Crippen LogP contribution in [0.2, 0.25) is 0 Å². The van der Waals surface area contributed by atoms with E-state index >= 15 is 0 Å². The van der Waals surface area contributed by atoms with Crippen LogP contribution in [0.4, 0.5) is 5.69 Å². The van der Waals surface area contributed by atoms with Crippen molar-refractivity contribution in [3.05, 3.63) is 93.9 Å². The van der Waals surface area contributed by atoms with Crippen LogP contribution in [0.15, 0.2) is 81.4 Å². The van der Waals surface area contributed by atoms with Gasteiger partial charge in [0.25, 0.3) is 11.7 Å². The van der Waals surface area contributed by atoms with Gasteiger partial charge in [-0.2, -0.15) is 0 Å². The van der Waals surface area contributed by atoms with Crippen molar-refractivity contribution in [2.24, 2.45) is 0 Å². The molecule has 4 rings (SSSR count). The van der Waals surface area contributed by atoms with E-state index in [1.807, 2.05) is 24.3 Å². The highest BCUT2D eigenvalue weighted by Crippen LogP contribution is 2.42. The number of hydrogen-bond donors (Lipinski definition) is 1. The van der Waals surface area contributed by atoms with Gasteiger partial charge in [-0.3, -0.25) is 14.5 Å². The SMILES string of the molecule is CC(C)c1ccc(N2C(=O)C(=O)/C(=C(\O)c3ccc(Br)cc3)C2c2ccco2)cc1. The number of rotatable bonds is 4. The predicted octanol–water partition coefficient (Wildman–Crippen LogP) is 5.79. The zero-order valence-electron chi connectivity index (χ0n) is 16.5. The Morgan fingerprint density at radius 2 is 1.70 bits per heavy atom. The molecule has 1 aliphatic rings. The fourth-order valence-electron chi connectivity index (χ4n) is 3.60. The van der Waals surface area contributed by atoms with E-state index in [1.54, 1.807) is 36.4 Å². The van der Waals surface area contributed by atoms with E-state index in [4.69, 9.17) is 4.42 Å². The van der Waals surface area contributed by atoms with Crippen molar-refractivity contribution in [3.8, 4) is 0 Å². The monoisotopic (exact) mass is 465 g/mol. The maximum absolute atomic E-state index is 13.0. The Hall–Kier alpha value is -3.12. The fourth-order valence-corrected chi connectivity index (χ4v) is 3.86. The van der Waals surface area contributed by atoms with Gasteiger partial charge in [0.05, 0.1) is 11.8 Å². The second kappa shape index (κ2) is 7.95. The Kier molecular flexibility index (Phi) is 5.35. The van der Waals surface area contributed by atoms with Gasteiger partial charge in [0.2, 0.25) is 0 Å². The number of furan rings is 1. The van der Waals surface area contributed by atoms with Crippen molar-refractivity contribution in [2.45, 2.75) is 25.8 Å². The highest BCUT2D eigenvalue weighted by Gasteiger charge is 2.48. The zero-order chi connectivity index (χ0) is 21.4. The smallest absolute Gasteiger partial charge is 0.300 e. The fraction of sp³-hybridized carbons (Fsp3) is 0.167. The number of carbonyl (C=O) groups excluding carboxylic acids is 2. The molecule has 5 nitrogen and oxygen atoms in total. The molecule has 6 heteroatoms. The lowest BCUT2D eigenvalue weighted by atomic mass is 9.99. The molecular formula is C24H20BrNO4. The van der Waals surface area contributed by atoms with Gasteiger partial charge in [-0.15, -0.1) is 0 Å². The summed E-state index contributed by atoms with van der Waals surface area (Å²) in [5.74, 6) is -0.936. The van der Waals surface area contributed by atoms with E-state index in [-0.39, 0.29) is 11.3 Å². The number of carbonyl (C=O) groups is 2. The molecule has 2 heterocycles. The molecule has 1 aromatic heterocycles. The first kappa shape index (κ1) is 20.2. The molecule has 0 aliphatic carbocycles. The van der Waals surface area contributed by atoms with Crippen molar-refractivity contribution in [2.75, 3.05) is 4.90 Å². The molecule has 3 aromatic rings. The first-order valence-corrected chi connectivity index (χ1v) is 10.4. The van der Waals surface area contributed by atoms with E-state index in [9.17, 15) is 14.7 Å². The Morgan fingerprint density at radius 1 is 1.03 bits per heavy atom. The summed E-state index contributed by atoms with van der Waals surface area (Å²) < 4.78 is 6.40. The first-order valence-electron chi connectivity index (χ1n) is 9.58. The summed E-state index contributed by atoms with van der Waals surface area (Å²) in [4.78, 5) is 27.4. The molecule has 0 saturated carbocycles. The number of anilines is 1. The molecule has 1 fully saturated rings. The summed E-state index contributed by atoms with van der Waals surface area (Å²) in [6.07, 6.45) is 1.48. The van der Waals surface area contributed by atoms with Crippen molar-refractivity contribution in [1.29, 1.82) is 0 Å². The highest BCUT2D eigenvalue weighted by molar-refractivity contribution is 9.10. The van der Waals surface area contributed by atoms with Gasteiger partial charge in [0.1, 0.15) is 17.6 Å². The minimum atomic E-state index is -0.853. The van der Waals surface area contributed by atoms with E-state index < -0.39 is 17.7 Å². The standard InChI is InChI=1S/C24H20BrNO4/c1-14(2)15-7-11-18(12-8-15)26-21(19-4-3-13-30-19)20(23(28)24(26)29)22(27)16-5-9-17(25)10-6-16/h3-14,21,27H,1-2H3/b22-20-. The van der Waals surface area contributed by atoms with Gasteiger partial charge in [-0.1, -0.05) is 54.0 Å². The number of hydrogen-bond acceptors (Lipinski definition) is 4. The third-order valence-electron chi connectivity index (χ3n) is 5.21. The molecule has 0 bridgehead atoms. The summed E-state index contributed by atoms with van der Waals surface area (Å²) in [5.41, 5.74) is 2.14. The number of halogens is 1.